The van der Waals surface area contributed by atoms with Crippen LogP contribution in [0.3, 0.4) is 0 Å². The molecule has 0 radical (unpaired) electrons. The lowest BCUT2D eigenvalue weighted by Gasteiger charge is -2.34. The molecule has 1 aliphatic carbocycles. The maximum atomic E-state index is 6.62. The molecule has 1 aliphatic heterocycles. The first-order valence-electron chi connectivity index (χ1n) is 13.3. The fourth-order valence-electron chi connectivity index (χ4n) is 5.26. The van der Waals surface area contributed by atoms with Crippen LogP contribution >= 0.6 is 0 Å². The summed E-state index contributed by atoms with van der Waals surface area (Å²) in [4.78, 5) is 18.9. The zero-order valence-corrected chi connectivity index (χ0v) is 23.1. The number of hydrogen-bond donors (Lipinski definition) is 2. The Kier molecular flexibility index (Phi) is 8.09. The summed E-state index contributed by atoms with van der Waals surface area (Å²) in [6.07, 6.45) is 2.99. The van der Waals surface area contributed by atoms with E-state index in [1.165, 1.54) is 0 Å². The molecular weight excluding hydrogens is 490 g/mol. The molecule has 1 aromatic heterocycles. The molecule has 0 saturated carbocycles. The first kappa shape index (κ1) is 26.6. The van der Waals surface area contributed by atoms with Crippen LogP contribution in [0.4, 0.5) is 17.3 Å². The summed E-state index contributed by atoms with van der Waals surface area (Å²) < 4.78 is 11.7. The van der Waals surface area contributed by atoms with Crippen molar-refractivity contribution in [2.75, 3.05) is 64.7 Å². The van der Waals surface area contributed by atoms with Gasteiger partial charge in [0.2, 0.25) is 5.95 Å². The number of anilines is 3. The molecule has 2 aliphatic rings. The maximum Gasteiger partial charge on any atom is 0.227 e. The van der Waals surface area contributed by atoms with Gasteiger partial charge in [-0.05, 0) is 43.1 Å². The van der Waals surface area contributed by atoms with Gasteiger partial charge in [-0.3, -0.25) is 4.99 Å². The standard InChI is InChI=1S/C30H37N7O2/c1-32-28(29(39-4)20-8-6-5-7-9-20)26-23(31)12-10-21-19-33-30(35-27(21)26)34-24-13-11-22(18-25(24)38-3)37-16-14-36(2)15-17-37/h5-9,11,13,18-19,29H,10,12,14-17,31H2,1-4H3,(H,33,34,35). The molecule has 1 fully saturated rings. The van der Waals surface area contributed by atoms with E-state index in [4.69, 9.17) is 20.2 Å². The second-order valence-electron chi connectivity index (χ2n) is 9.90. The summed E-state index contributed by atoms with van der Waals surface area (Å²) in [5.74, 6) is 1.21. The predicted molar refractivity (Wildman–Crippen MR) is 157 cm³/mol. The Balaban J connectivity index is 1.45. The number of hydrogen-bond acceptors (Lipinski definition) is 9. The number of benzene rings is 2. The second kappa shape index (κ2) is 11.8. The highest BCUT2D eigenvalue weighted by atomic mass is 16.5. The van der Waals surface area contributed by atoms with E-state index in [1.54, 1.807) is 21.3 Å². The highest BCUT2D eigenvalue weighted by Gasteiger charge is 2.29. The lowest BCUT2D eigenvalue weighted by Crippen LogP contribution is -2.44. The number of nitrogens with two attached hydrogens (primary N) is 1. The van der Waals surface area contributed by atoms with Crippen molar-refractivity contribution in [3.63, 3.8) is 0 Å². The fourth-order valence-corrected chi connectivity index (χ4v) is 5.26. The topological polar surface area (TPSA) is 101 Å². The quantitative estimate of drug-likeness (QED) is 0.423. The van der Waals surface area contributed by atoms with Crippen molar-refractivity contribution < 1.29 is 9.47 Å². The van der Waals surface area contributed by atoms with E-state index in [0.717, 1.165) is 83.5 Å². The lowest BCUT2D eigenvalue weighted by atomic mass is 9.87. The van der Waals surface area contributed by atoms with Crippen LogP contribution in [0, 0.1) is 0 Å². The van der Waals surface area contributed by atoms with Crippen LogP contribution in [0.2, 0.25) is 0 Å². The predicted octanol–water partition coefficient (Wildman–Crippen LogP) is 4.06. The molecule has 2 aromatic carbocycles. The smallest absolute Gasteiger partial charge is 0.227 e. The van der Waals surface area contributed by atoms with Crippen LogP contribution in [0.15, 0.2) is 65.4 Å². The highest BCUT2D eigenvalue weighted by Crippen LogP contribution is 2.36. The van der Waals surface area contributed by atoms with Crippen molar-refractivity contribution >= 4 is 28.6 Å². The van der Waals surface area contributed by atoms with Crippen LogP contribution in [-0.2, 0) is 11.2 Å². The molecule has 1 atom stereocenters. The van der Waals surface area contributed by atoms with E-state index in [0.29, 0.717) is 12.4 Å². The summed E-state index contributed by atoms with van der Waals surface area (Å²) >= 11 is 0. The molecule has 3 N–H and O–H groups in total. The minimum atomic E-state index is -0.371. The van der Waals surface area contributed by atoms with E-state index in [-0.39, 0.29) is 6.10 Å². The Morgan fingerprint density at radius 1 is 1.05 bits per heavy atom. The summed E-state index contributed by atoms with van der Waals surface area (Å²) in [5, 5.41) is 3.37. The minimum Gasteiger partial charge on any atom is -0.494 e. The number of fused-ring (bicyclic) bond motifs is 1. The lowest BCUT2D eigenvalue weighted by molar-refractivity contribution is 0.159. The van der Waals surface area contributed by atoms with Crippen molar-refractivity contribution in [1.29, 1.82) is 0 Å². The molecule has 9 nitrogen and oxygen atoms in total. The van der Waals surface area contributed by atoms with Crippen molar-refractivity contribution in [1.82, 2.24) is 14.9 Å². The maximum absolute atomic E-state index is 6.62. The Bertz CT molecular complexity index is 1360. The molecule has 0 bridgehead atoms. The van der Waals surface area contributed by atoms with Gasteiger partial charge in [-0.2, -0.15) is 0 Å². The summed E-state index contributed by atoms with van der Waals surface area (Å²) in [5.41, 5.74) is 13.7. The van der Waals surface area contributed by atoms with E-state index in [9.17, 15) is 0 Å². The molecule has 2 heterocycles. The van der Waals surface area contributed by atoms with Crippen molar-refractivity contribution in [2.45, 2.75) is 18.9 Å². The van der Waals surface area contributed by atoms with Crippen molar-refractivity contribution in [3.8, 4) is 5.75 Å². The van der Waals surface area contributed by atoms with Crippen LogP contribution in [-0.4, -0.2) is 75.1 Å². The zero-order valence-electron chi connectivity index (χ0n) is 23.1. The molecule has 39 heavy (non-hydrogen) atoms. The normalized spacial score (nSPS) is 17.1. The van der Waals surface area contributed by atoms with Crippen molar-refractivity contribution in [3.05, 3.63) is 77.2 Å². The average Bonchev–Trinajstić information content (AvgIpc) is 2.97. The average molecular weight is 528 g/mol. The largest absolute Gasteiger partial charge is 0.494 e. The Morgan fingerprint density at radius 3 is 2.51 bits per heavy atom. The number of aryl methyl sites for hydroxylation is 1. The third-order valence-corrected chi connectivity index (χ3v) is 7.47. The molecule has 1 saturated heterocycles. The summed E-state index contributed by atoms with van der Waals surface area (Å²) in [6.45, 7) is 4.07. The first-order valence-corrected chi connectivity index (χ1v) is 13.3. The monoisotopic (exact) mass is 527 g/mol. The van der Waals surface area contributed by atoms with E-state index >= 15 is 0 Å². The molecule has 204 valence electrons. The van der Waals surface area contributed by atoms with E-state index in [1.807, 2.05) is 42.6 Å². The number of likely N-dealkylation sites (N-methyl/N-ethyl adjacent to an activating group) is 1. The minimum absolute atomic E-state index is 0.371. The molecule has 3 aromatic rings. The van der Waals surface area contributed by atoms with Gasteiger partial charge < -0.3 is 30.3 Å². The molecular formula is C30H37N7O2. The summed E-state index contributed by atoms with van der Waals surface area (Å²) in [6, 6.07) is 16.2. The van der Waals surface area contributed by atoms with Crippen molar-refractivity contribution in [2.24, 2.45) is 10.7 Å². The van der Waals surface area contributed by atoms with E-state index in [2.05, 4.69) is 44.3 Å². The third-order valence-electron chi connectivity index (χ3n) is 7.47. The Morgan fingerprint density at radius 2 is 1.82 bits per heavy atom. The number of piperazine rings is 1. The van der Waals surface area contributed by atoms with Crippen LogP contribution in [0.1, 0.15) is 29.3 Å². The number of aromatic nitrogens is 2. The van der Waals surface area contributed by atoms with Gasteiger partial charge in [0.15, 0.2) is 0 Å². The van der Waals surface area contributed by atoms with Gasteiger partial charge in [0.05, 0.1) is 24.2 Å². The number of ether oxygens (including phenoxy) is 2. The fraction of sp³-hybridized carbons (Fsp3) is 0.367. The number of methoxy groups -OCH3 is 2. The van der Waals surface area contributed by atoms with Crippen LogP contribution in [0.25, 0.3) is 5.57 Å². The van der Waals surface area contributed by atoms with Gasteiger partial charge in [0.1, 0.15) is 11.9 Å². The zero-order chi connectivity index (χ0) is 27.4. The SMILES string of the molecule is CN=C(C1=C(N)CCc2cnc(Nc3ccc(N4CCN(C)CC4)cc3OC)nc21)C(OC)c1ccccc1. The second-order valence-corrected chi connectivity index (χ2v) is 9.90. The molecule has 1 unspecified atom stereocenters. The number of allylic oxidation sites excluding steroid dienone is 1. The third kappa shape index (κ3) is 5.60. The highest BCUT2D eigenvalue weighted by molar-refractivity contribution is 6.26. The Labute approximate surface area is 230 Å². The Hall–Kier alpha value is -3.95. The molecule has 9 heteroatoms. The molecule has 0 amide bonds. The van der Waals surface area contributed by atoms with E-state index < -0.39 is 0 Å². The number of nitrogens with one attached hydrogen (secondary N) is 1. The summed E-state index contributed by atoms with van der Waals surface area (Å²) in [7, 11) is 7.30. The number of rotatable bonds is 8. The molecule has 5 rings (SSSR count). The first-order chi connectivity index (χ1) is 19.0. The van der Waals surface area contributed by atoms with Gasteiger partial charge >= 0.3 is 0 Å². The molecule has 0 spiro atoms. The van der Waals surface area contributed by atoms with Gasteiger partial charge in [0, 0.05) is 69.6 Å². The van der Waals surface area contributed by atoms with Crippen LogP contribution < -0.4 is 20.7 Å². The number of nitrogens with zero attached hydrogens (tertiary/aromatic N) is 5. The van der Waals surface area contributed by atoms with Gasteiger partial charge in [-0.25, -0.2) is 9.97 Å². The number of aliphatic imine (C=N–C) groups is 1. The van der Waals surface area contributed by atoms with Gasteiger partial charge in [0.25, 0.3) is 0 Å². The van der Waals surface area contributed by atoms with Crippen LogP contribution in [0.5, 0.6) is 5.75 Å². The van der Waals surface area contributed by atoms with Gasteiger partial charge in [-0.1, -0.05) is 30.3 Å². The van der Waals surface area contributed by atoms with Gasteiger partial charge in [-0.15, -0.1) is 0 Å².